The lowest BCUT2D eigenvalue weighted by molar-refractivity contribution is -0.150. The Bertz CT molecular complexity index is 486. The SMILES string of the molecule is CCOC(C)(CC)c1noc(CC(C)(C(=O)O)C(C)C)n1. The van der Waals surface area contributed by atoms with E-state index in [1.54, 1.807) is 6.92 Å². The highest BCUT2D eigenvalue weighted by Crippen LogP contribution is 2.32. The van der Waals surface area contributed by atoms with Gasteiger partial charge in [-0.05, 0) is 33.1 Å². The molecule has 0 aromatic carbocycles. The van der Waals surface area contributed by atoms with Crippen molar-refractivity contribution in [2.75, 3.05) is 6.61 Å². The number of hydrogen-bond acceptors (Lipinski definition) is 5. The smallest absolute Gasteiger partial charge is 0.310 e. The Morgan fingerprint density at radius 2 is 2.00 bits per heavy atom. The van der Waals surface area contributed by atoms with Crippen molar-refractivity contribution in [3.05, 3.63) is 11.7 Å². The minimum absolute atomic E-state index is 0.0465. The molecule has 0 aliphatic heterocycles. The van der Waals surface area contributed by atoms with E-state index < -0.39 is 17.0 Å². The van der Waals surface area contributed by atoms with Gasteiger partial charge in [-0.15, -0.1) is 0 Å². The van der Waals surface area contributed by atoms with Crippen LogP contribution in [-0.2, 0) is 21.6 Å². The highest BCUT2D eigenvalue weighted by molar-refractivity contribution is 5.74. The van der Waals surface area contributed by atoms with Crippen LogP contribution in [0.4, 0.5) is 0 Å². The van der Waals surface area contributed by atoms with Crippen LogP contribution < -0.4 is 0 Å². The predicted molar refractivity (Wildman–Crippen MR) is 77.9 cm³/mol. The van der Waals surface area contributed by atoms with Gasteiger partial charge in [0.15, 0.2) is 0 Å². The van der Waals surface area contributed by atoms with Crippen LogP contribution >= 0.6 is 0 Å². The molecule has 6 nitrogen and oxygen atoms in total. The highest BCUT2D eigenvalue weighted by atomic mass is 16.5. The monoisotopic (exact) mass is 298 g/mol. The molecule has 0 amide bonds. The zero-order valence-corrected chi connectivity index (χ0v) is 13.8. The summed E-state index contributed by atoms with van der Waals surface area (Å²) >= 11 is 0. The number of hydrogen-bond donors (Lipinski definition) is 1. The molecule has 0 spiro atoms. The van der Waals surface area contributed by atoms with E-state index in [1.807, 2.05) is 34.6 Å². The van der Waals surface area contributed by atoms with E-state index in [-0.39, 0.29) is 12.3 Å². The van der Waals surface area contributed by atoms with Gasteiger partial charge >= 0.3 is 5.97 Å². The summed E-state index contributed by atoms with van der Waals surface area (Å²) in [6.45, 7) is 11.8. The number of carboxylic acid groups (broad SMARTS) is 1. The zero-order valence-electron chi connectivity index (χ0n) is 13.8. The number of carbonyl (C=O) groups is 1. The van der Waals surface area contributed by atoms with Crippen molar-refractivity contribution >= 4 is 5.97 Å². The van der Waals surface area contributed by atoms with E-state index in [0.717, 1.165) is 0 Å². The van der Waals surface area contributed by atoms with Crippen LogP contribution in [0.25, 0.3) is 0 Å². The topological polar surface area (TPSA) is 85.5 Å². The number of aromatic nitrogens is 2. The Kier molecular flexibility index (Phi) is 5.50. The zero-order chi connectivity index (χ0) is 16.3. The van der Waals surface area contributed by atoms with Crippen LogP contribution in [0, 0.1) is 11.3 Å². The van der Waals surface area contributed by atoms with Crippen LogP contribution in [0.3, 0.4) is 0 Å². The summed E-state index contributed by atoms with van der Waals surface area (Å²) in [6, 6.07) is 0. The molecule has 1 aromatic heterocycles. The molecule has 0 bridgehead atoms. The van der Waals surface area contributed by atoms with Crippen molar-refractivity contribution in [1.82, 2.24) is 10.1 Å². The third kappa shape index (κ3) is 3.61. The summed E-state index contributed by atoms with van der Waals surface area (Å²) in [5.41, 5.74) is -1.54. The van der Waals surface area contributed by atoms with Crippen molar-refractivity contribution in [1.29, 1.82) is 0 Å². The summed E-state index contributed by atoms with van der Waals surface area (Å²) in [7, 11) is 0. The number of carboxylic acids is 1. The molecule has 21 heavy (non-hydrogen) atoms. The Balaban J connectivity index is 3.01. The number of ether oxygens (including phenoxy) is 1. The van der Waals surface area contributed by atoms with E-state index in [0.29, 0.717) is 24.7 Å². The van der Waals surface area contributed by atoms with Crippen LogP contribution in [0.5, 0.6) is 0 Å². The minimum atomic E-state index is -0.933. The minimum Gasteiger partial charge on any atom is -0.481 e. The molecule has 0 radical (unpaired) electrons. The maximum Gasteiger partial charge on any atom is 0.310 e. The Morgan fingerprint density at radius 1 is 1.38 bits per heavy atom. The van der Waals surface area contributed by atoms with E-state index in [4.69, 9.17) is 9.26 Å². The fourth-order valence-electron chi connectivity index (χ4n) is 2.03. The lowest BCUT2D eigenvalue weighted by Gasteiger charge is -2.27. The normalized spacial score (nSPS) is 17.5. The van der Waals surface area contributed by atoms with Crippen molar-refractivity contribution in [3.63, 3.8) is 0 Å². The second-order valence-electron chi connectivity index (χ2n) is 6.08. The van der Waals surface area contributed by atoms with Gasteiger partial charge < -0.3 is 14.4 Å². The van der Waals surface area contributed by atoms with Gasteiger partial charge in [0.25, 0.3) is 0 Å². The van der Waals surface area contributed by atoms with Crippen LogP contribution in [-0.4, -0.2) is 27.8 Å². The van der Waals surface area contributed by atoms with Crippen LogP contribution in [0.2, 0.25) is 0 Å². The molecule has 0 saturated carbocycles. The summed E-state index contributed by atoms with van der Waals surface area (Å²) in [5, 5.41) is 13.4. The molecule has 120 valence electrons. The predicted octanol–water partition coefficient (Wildman–Crippen LogP) is 3.02. The highest BCUT2D eigenvalue weighted by Gasteiger charge is 2.39. The van der Waals surface area contributed by atoms with Gasteiger partial charge in [0, 0.05) is 13.0 Å². The van der Waals surface area contributed by atoms with Crippen LogP contribution in [0.15, 0.2) is 4.52 Å². The third-order valence-corrected chi connectivity index (χ3v) is 4.36. The molecule has 2 unspecified atom stereocenters. The molecule has 2 atom stereocenters. The Morgan fingerprint density at radius 3 is 2.43 bits per heavy atom. The van der Waals surface area contributed by atoms with E-state index in [1.165, 1.54) is 0 Å². The fraction of sp³-hybridized carbons (Fsp3) is 0.800. The summed E-state index contributed by atoms with van der Waals surface area (Å²) in [5.74, 6) is -0.101. The molecule has 1 rings (SSSR count). The Labute approximate surface area is 125 Å². The summed E-state index contributed by atoms with van der Waals surface area (Å²) in [4.78, 5) is 15.9. The standard InChI is InChI=1S/C15H26N2O4/c1-7-15(6,20-8-2)12-16-11(21-17-12)9-14(5,10(3)4)13(18)19/h10H,7-9H2,1-6H3,(H,18,19). The molecule has 6 heteroatoms. The van der Waals surface area contributed by atoms with Gasteiger partial charge in [0.05, 0.1) is 5.41 Å². The van der Waals surface area contributed by atoms with Crippen molar-refractivity contribution in [3.8, 4) is 0 Å². The molecule has 1 aromatic rings. The second kappa shape index (κ2) is 6.56. The first kappa shape index (κ1) is 17.6. The average molecular weight is 298 g/mol. The summed E-state index contributed by atoms with van der Waals surface area (Å²) < 4.78 is 11.0. The average Bonchev–Trinajstić information content (AvgIpc) is 2.87. The first-order valence-electron chi connectivity index (χ1n) is 7.40. The maximum atomic E-state index is 11.5. The van der Waals surface area contributed by atoms with Crippen molar-refractivity contribution in [2.24, 2.45) is 11.3 Å². The van der Waals surface area contributed by atoms with Crippen molar-refractivity contribution in [2.45, 2.75) is 60.0 Å². The van der Waals surface area contributed by atoms with Gasteiger partial charge in [-0.3, -0.25) is 4.79 Å². The molecule has 1 N–H and O–H groups in total. The molecule has 0 saturated heterocycles. The van der Waals surface area contributed by atoms with Gasteiger partial charge in [-0.25, -0.2) is 0 Å². The number of nitrogens with zero attached hydrogens (tertiary/aromatic N) is 2. The second-order valence-corrected chi connectivity index (χ2v) is 6.08. The van der Waals surface area contributed by atoms with Gasteiger partial charge in [-0.2, -0.15) is 4.98 Å². The Hall–Kier alpha value is -1.43. The van der Waals surface area contributed by atoms with Gasteiger partial charge in [-0.1, -0.05) is 25.9 Å². The summed E-state index contributed by atoms with van der Waals surface area (Å²) in [6.07, 6.45) is 0.916. The lowest BCUT2D eigenvalue weighted by Crippen LogP contribution is -2.35. The molecule has 0 fully saturated rings. The molecule has 0 aliphatic rings. The largest absolute Gasteiger partial charge is 0.481 e. The quantitative estimate of drug-likeness (QED) is 0.794. The lowest BCUT2D eigenvalue weighted by atomic mass is 9.76. The van der Waals surface area contributed by atoms with Crippen LogP contribution in [0.1, 0.15) is 59.7 Å². The number of aliphatic carboxylic acids is 1. The third-order valence-electron chi connectivity index (χ3n) is 4.36. The fourth-order valence-corrected chi connectivity index (χ4v) is 2.03. The van der Waals surface area contributed by atoms with Gasteiger partial charge in [0.1, 0.15) is 5.60 Å². The van der Waals surface area contributed by atoms with E-state index in [9.17, 15) is 9.90 Å². The molecule has 0 aliphatic carbocycles. The van der Waals surface area contributed by atoms with Crippen molar-refractivity contribution < 1.29 is 19.2 Å². The number of rotatable bonds is 8. The van der Waals surface area contributed by atoms with E-state index in [2.05, 4.69) is 10.1 Å². The first-order valence-corrected chi connectivity index (χ1v) is 7.40. The molecule has 1 heterocycles. The van der Waals surface area contributed by atoms with Gasteiger partial charge in [0.2, 0.25) is 11.7 Å². The molecular weight excluding hydrogens is 272 g/mol. The van der Waals surface area contributed by atoms with E-state index >= 15 is 0 Å². The molecular formula is C15H26N2O4. The first-order chi connectivity index (χ1) is 9.69. The maximum absolute atomic E-state index is 11.5.